The van der Waals surface area contributed by atoms with Crippen LogP contribution in [-0.2, 0) is 6.42 Å². The summed E-state index contributed by atoms with van der Waals surface area (Å²) in [7, 11) is 0. The number of fused-ring (bicyclic) bond motifs is 1. The molecule has 1 aliphatic rings. The van der Waals surface area contributed by atoms with Gasteiger partial charge in [-0.25, -0.2) is 0 Å². The Morgan fingerprint density at radius 3 is 2.88 bits per heavy atom. The number of rotatable bonds is 2. The van der Waals surface area contributed by atoms with Crippen LogP contribution < -0.4 is 10.5 Å². The van der Waals surface area contributed by atoms with Crippen molar-refractivity contribution in [3.8, 4) is 5.75 Å². The third-order valence-corrected chi connectivity index (χ3v) is 3.39. The lowest BCUT2D eigenvalue weighted by Gasteiger charge is -2.34. The molecule has 0 amide bonds. The van der Waals surface area contributed by atoms with Gasteiger partial charge in [-0.15, -0.1) is 0 Å². The molecule has 1 unspecified atom stereocenters. The van der Waals surface area contributed by atoms with Gasteiger partial charge in [0.25, 0.3) is 0 Å². The summed E-state index contributed by atoms with van der Waals surface area (Å²) in [6.07, 6.45) is 2.19. The highest BCUT2D eigenvalue weighted by Crippen LogP contribution is 2.38. The topological polar surface area (TPSA) is 35.2 Å². The zero-order valence-corrected chi connectivity index (χ0v) is 10.4. The Kier molecular flexibility index (Phi) is 2.94. The van der Waals surface area contributed by atoms with Crippen LogP contribution in [-0.4, -0.2) is 12.1 Å². The van der Waals surface area contributed by atoms with Crippen LogP contribution in [0, 0.1) is 0 Å². The number of hydrogen-bond acceptors (Lipinski definition) is 2. The van der Waals surface area contributed by atoms with Gasteiger partial charge in [0.05, 0.1) is 0 Å². The van der Waals surface area contributed by atoms with Crippen molar-refractivity contribution >= 4 is 0 Å². The van der Waals surface area contributed by atoms with E-state index >= 15 is 0 Å². The monoisotopic (exact) mass is 219 g/mol. The van der Waals surface area contributed by atoms with Gasteiger partial charge in [0.2, 0.25) is 0 Å². The first-order valence-corrected chi connectivity index (χ1v) is 6.04. The zero-order valence-electron chi connectivity index (χ0n) is 10.4. The molecule has 1 aliphatic heterocycles. The number of benzene rings is 1. The molecule has 0 radical (unpaired) electrons. The van der Waals surface area contributed by atoms with E-state index in [-0.39, 0.29) is 5.60 Å². The standard InChI is InChI=1S/C14H21NO/c1-10(9-15)12-6-4-5-11-7-8-14(2,3)16-13(11)12/h4-6,10H,7-9,15H2,1-3H3. The van der Waals surface area contributed by atoms with Gasteiger partial charge in [-0.2, -0.15) is 0 Å². The smallest absolute Gasteiger partial charge is 0.126 e. The normalized spacial score (nSPS) is 19.8. The lowest BCUT2D eigenvalue weighted by molar-refractivity contribution is 0.0829. The van der Waals surface area contributed by atoms with E-state index in [0.717, 1.165) is 18.6 Å². The van der Waals surface area contributed by atoms with Gasteiger partial charge in [0.15, 0.2) is 0 Å². The van der Waals surface area contributed by atoms with Crippen molar-refractivity contribution in [3.63, 3.8) is 0 Å². The van der Waals surface area contributed by atoms with Crippen molar-refractivity contribution in [2.75, 3.05) is 6.54 Å². The molecule has 0 spiro atoms. The predicted molar refractivity (Wildman–Crippen MR) is 66.9 cm³/mol. The molecule has 16 heavy (non-hydrogen) atoms. The van der Waals surface area contributed by atoms with Gasteiger partial charge in [0.1, 0.15) is 11.4 Å². The molecule has 88 valence electrons. The maximum atomic E-state index is 6.12. The minimum absolute atomic E-state index is 0.0442. The third kappa shape index (κ3) is 2.07. The van der Waals surface area contributed by atoms with E-state index in [0.29, 0.717) is 12.5 Å². The number of aryl methyl sites for hydroxylation is 1. The SMILES string of the molecule is CC(CN)c1cccc2c1OC(C)(C)CC2. The van der Waals surface area contributed by atoms with Crippen molar-refractivity contribution < 1.29 is 4.74 Å². The molecule has 0 saturated heterocycles. The molecular weight excluding hydrogens is 198 g/mol. The van der Waals surface area contributed by atoms with Crippen molar-refractivity contribution in [1.82, 2.24) is 0 Å². The fraction of sp³-hybridized carbons (Fsp3) is 0.571. The predicted octanol–water partition coefficient (Wildman–Crippen LogP) is 2.85. The molecule has 2 nitrogen and oxygen atoms in total. The second-order valence-electron chi connectivity index (χ2n) is 5.33. The fourth-order valence-electron chi connectivity index (χ4n) is 2.20. The van der Waals surface area contributed by atoms with Crippen LogP contribution >= 0.6 is 0 Å². The van der Waals surface area contributed by atoms with Gasteiger partial charge >= 0.3 is 0 Å². The summed E-state index contributed by atoms with van der Waals surface area (Å²) >= 11 is 0. The lowest BCUT2D eigenvalue weighted by atomic mass is 9.90. The molecule has 0 bridgehead atoms. The number of nitrogens with two attached hydrogens (primary N) is 1. The minimum Gasteiger partial charge on any atom is -0.487 e. The Hall–Kier alpha value is -1.02. The zero-order chi connectivity index (χ0) is 11.8. The summed E-state index contributed by atoms with van der Waals surface area (Å²) in [4.78, 5) is 0. The summed E-state index contributed by atoms with van der Waals surface area (Å²) < 4.78 is 6.12. The van der Waals surface area contributed by atoms with Gasteiger partial charge in [0, 0.05) is 0 Å². The molecule has 1 aromatic carbocycles. The first-order valence-electron chi connectivity index (χ1n) is 6.04. The van der Waals surface area contributed by atoms with Crippen LogP contribution in [0.3, 0.4) is 0 Å². The highest BCUT2D eigenvalue weighted by atomic mass is 16.5. The number of hydrogen-bond donors (Lipinski definition) is 1. The second-order valence-corrected chi connectivity index (χ2v) is 5.33. The highest BCUT2D eigenvalue weighted by molar-refractivity contribution is 5.45. The summed E-state index contributed by atoms with van der Waals surface area (Å²) in [5.41, 5.74) is 8.29. The Morgan fingerprint density at radius 1 is 1.44 bits per heavy atom. The first kappa shape index (κ1) is 11.5. The molecular formula is C14H21NO. The molecule has 0 aliphatic carbocycles. The first-order chi connectivity index (χ1) is 7.53. The molecule has 2 rings (SSSR count). The molecule has 2 N–H and O–H groups in total. The van der Waals surface area contributed by atoms with E-state index in [2.05, 4.69) is 39.0 Å². The summed E-state index contributed by atoms with van der Waals surface area (Å²) in [6.45, 7) is 7.13. The second kappa shape index (κ2) is 4.10. The molecule has 1 atom stereocenters. The molecule has 2 heteroatoms. The fourth-order valence-corrected chi connectivity index (χ4v) is 2.20. The summed E-state index contributed by atoms with van der Waals surface area (Å²) in [6, 6.07) is 6.41. The van der Waals surface area contributed by atoms with Crippen LogP contribution in [0.1, 0.15) is 44.2 Å². The van der Waals surface area contributed by atoms with Crippen LogP contribution in [0.5, 0.6) is 5.75 Å². The van der Waals surface area contributed by atoms with Crippen LogP contribution in [0.25, 0.3) is 0 Å². The molecule has 0 fully saturated rings. The Morgan fingerprint density at radius 2 is 2.19 bits per heavy atom. The number of ether oxygens (including phenoxy) is 1. The van der Waals surface area contributed by atoms with Crippen molar-refractivity contribution in [1.29, 1.82) is 0 Å². The minimum atomic E-state index is -0.0442. The molecule has 0 saturated carbocycles. The average molecular weight is 219 g/mol. The van der Waals surface area contributed by atoms with Gasteiger partial charge in [-0.05, 0) is 50.3 Å². The lowest BCUT2D eigenvalue weighted by Crippen LogP contribution is -2.33. The highest BCUT2D eigenvalue weighted by Gasteiger charge is 2.28. The Balaban J connectivity index is 2.42. The quantitative estimate of drug-likeness (QED) is 0.830. The van der Waals surface area contributed by atoms with Gasteiger partial charge in [-0.1, -0.05) is 25.1 Å². The largest absolute Gasteiger partial charge is 0.487 e. The van der Waals surface area contributed by atoms with E-state index in [9.17, 15) is 0 Å². The Labute approximate surface area is 97.8 Å². The van der Waals surface area contributed by atoms with Crippen LogP contribution in [0.4, 0.5) is 0 Å². The van der Waals surface area contributed by atoms with Crippen molar-refractivity contribution in [2.45, 2.75) is 45.1 Å². The molecule has 1 aromatic rings. The maximum absolute atomic E-state index is 6.12. The van der Waals surface area contributed by atoms with Gasteiger partial charge < -0.3 is 10.5 Å². The van der Waals surface area contributed by atoms with Crippen LogP contribution in [0.15, 0.2) is 18.2 Å². The van der Waals surface area contributed by atoms with E-state index in [1.807, 2.05) is 0 Å². The van der Waals surface area contributed by atoms with Gasteiger partial charge in [-0.3, -0.25) is 0 Å². The van der Waals surface area contributed by atoms with Crippen LogP contribution in [0.2, 0.25) is 0 Å². The third-order valence-electron chi connectivity index (χ3n) is 3.39. The molecule has 0 aromatic heterocycles. The summed E-state index contributed by atoms with van der Waals surface area (Å²) in [5, 5.41) is 0. The van der Waals surface area contributed by atoms with Crippen molar-refractivity contribution in [2.24, 2.45) is 5.73 Å². The van der Waals surface area contributed by atoms with E-state index in [1.54, 1.807) is 0 Å². The number of para-hydroxylation sites is 1. The average Bonchev–Trinajstić information content (AvgIpc) is 2.26. The Bertz CT molecular complexity index is 384. The molecule has 1 heterocycles. The van der Waals surface area contributed by atoms with E-state index in [4.69, 9.17) is 10.5 Å². The maximum Gasteiger partial charge on any atom is 0.126 e. The summed E-state index contributed by atoms with van der Waals surface area (Å²) in [5.74, 6) is 1.44. The van der Waals surface area contributed by atoms with E-state index < -0.39 is 0 Å². The van der Waals surface area contributed by atoms with E-state index in [1.165, 1.54) is 11.1 Å². The van der Waals surface area contributed by atoms with Crippen molar-refractivity contribution in [3.05, 3.63) is 29.3 Å².